The van der Waals surface area contributed by atoms with Gasteiger partial charge in [0.15, 0.2) is 0 Å². The third-order valence-electron chi connectivity index (χ3n) is 2.61. The fourth-order valence-corrected chi connectivity index (χ4v) is 1.86. The Morgan fingerprint density at radius 3 is 2.69 bits per heavy atom. The topological polar surface area (TPSA) is 35.8 Å². The van der Waals surface area contributed by atoms with Gasteiger partial charge in [-0.05, 0) is 5.56 Å². The van der Waals surface area contributed by atoms with E-state index >= 15 is 0 Å². The van der Waals surface area contributed by atoms with Crippen LogP contribution in [-0.2, 0) is 0 Å². The van der Waals surface area contributed by atoms with Gasteiger partial charge in [0.1, 0.15) is 0 Å². The summed E-state index contributed by atoms with van der Waals surface area (Å²) in [6.45, 7) is 1.76. The molecule has 1 heterocycles. The van der Waals surface area contributed by atoms with Crippen molar-refractivity contribution < 1.29 is 0 Å². The van der Waals surface area contributed by atoms with Crippen LogP contribution in [0.2, 0.25) is 0 Å². The molecule has 0 aromatic heterocycles. The molecule has 1 fully saturated rings. The van der Waals surface area contributed by atoms with E-state index in [1.807, 2.05) is 18.2 Å². The number of nitriles is 1. The first kappa shape index (κ1) is 8.28. The first-order valence-corrected chi connectivity index (χ1v) is 4.57. The highest BCUT2D eigenvalue weighted by atomic mass is 14.9. The average molecular weight is 172 g/mol. The van der Waals surface area contributed by atoms with Gasteiger partial charge in [-0.3, -0.25) is 0 Å². The molecule has 1 saturated heterocycles. The van der Waals surface area contributed by atoms with Gasteiger partial charge < -0.3 is 5.32 Å². The van der Waals surface area contributed by atoms with Gasteiger partial charge in [0, 0.05) is 19.0 Å². The Morgan fingerprint density at radius 1 is 1.23 bits per heavy atom. The lowest BCUT2D eigenvalue weighted by atomic mass is 9.90. The minimum Gasteiger partial charge on any atom is -0.315 e. The zero-order valence-electron chi connectivity index (χ0n) is 7.40. The summed E-state index contributed by atoms with van der Waals surface area (Å²) in [7, 11) is 0. The molecular weight excluding hydrogens is 160 g/mol. The van der Waals surface area contributed by atoms with Crippen molar-refractivity contribution in [2.45, 2.75) is 5.92 Å². The molecule has 2 heteroatoms. The summed E-state index contributed by atoms with van der Waals surface area (Å²) in [4.78, 5) is 0. The molecule has 2 nitrogen and oxygen atoms in total. The van der Waals surface area contributed by atoms with Crippen LogP contribution >= 0.6 is 0 Å². The van der Waals surface area contributed by atoms with Gasteiger partial charge in [0.25, 0.3) is 0 Å². The van der Waals surface area contributed by atoms with E-state index < -0.39 is 0 Å². The van der Waals surface area contributed by atoms with Crippen LogP contribution in [0.25, 0.3) is 0 Å². The predicted molar refractivity (Wildman–Crippen MR) is 51.2 cm³/mol. The van der Waals surface area contributed by atoms with Gasteiger partial charge in [-0.15, -0.1) is 0 Å². The smallest absolute Gasteiger partial charge is 0.0676 e. The molecule has 2 atom stereocenters. The molecule has 1 N–H and O–H groups in total. The second kappa shape index (κ2) is 3.59. The SMILES string of the molecule is N#C[C@@H]1CNC[C@@H]1c1ccccc1. The highest BCUT2D eigenvalue weighted by Gasteiger charge is 2.27. The number of hydrogen-bond acceptors (Lipinski definition) is 2. The number of benzene rings is 1. The number of hydrogen-bond donors (Lipinski definition) is 1. The van der Waals surface area contributed by atoms with E-state index in [0.717, 1.165) is 13.1 Å². The van der Waals surface area contributed by atoms with E-state index in [1.54, 1.807) is 0 Å². The van der Waals surface area contributed by atoms with Crippen molar-refractivity contribution >= 4 is 0 Å². The molecule has 0 bridgehead atoms. The quantitative estimate of drug-likeness (QED) is 0.697. The molecule has 66 valence electrons. The van der Waals surface area contributed by atoms with Crippen molar-refractivity contribution in [3.8, 4) is 6.07 Å². The van der Waals surface area contributed by atoms with Crippen molar-refractivity contribution in [3.05, 3.63) is 35.9 Å². The Hall–Kier alpha value is -1.33. The summed E-state index contributed by atoms with van der Waals surface area (Å²) in [6.07, 6.45) is 0. The Morgan fingerprint density at radius 2 is 2.00 bits per heavy atom. The lowest BCUT2D eigenvalue weighted by molar-refractivity contribution is 0.646. The van der Waals surface area contributed by atoms with E-state index in [9.17, 15) is 0 Å². The summed E-state index contributed by atoms with van der Waals surface area (Å²) in [6, 6.07) is 12.6. The van der Waals surface area contributed by atoms with Crippen molar-refractivity contribution in [2.75, 3.05) is 13.1 Å². The largest absolute Gasteiger partial charge is 0.315 e. The summed E-state index contributed by atoms with van der Waals surface area (Å²) in [5, 5.41) is 12.2. The molecule has 0 spiro atoms. The number of nitrogens with one attached hydrogen (secondary N) is 1. The lowest BCUT2D eigenvalue weighted by Gasteiger charge is -2.11. The molecule has 2 rings (SSSR count). The Kier molecular flexibility index (Phi) is 2.29. The molecule has 1 aromatic rings. The predicted octanol–water partition coefficient (Wildman–Crippen LogP) is 1.51. The Labute approximate surface area is 78.2 Å². The van der Waals surface area contributed by atoms with E-state index in [-0.39, 0.29) is 5.92 Å². The van der Waals surface area contributed by atoms with Crippen LogP contribution in [0, 0.1) is 17.2 Å². The van der Waals surface area contributed by atoms with Crippen LogP contribution in [0.1, 0.15) is 11.5 Å². The third kappa shape index (κ3) is 1.56. The van der Waals surface area contributed by atoms with E-state index in [0.29, 0.717) is 5.92 Å². The first-order valence-electron chi connectivity index (χ1n) is 4.57. The molecular formula is C11H12N2. The third-order valence-corrected chi connectivity index (χ3v) is 2.61. The maximum Gasteiger partial charge on any atom is 0.0676 e. The molecule has 0 saturated carbocycles. The van der Waals surface area contributed by atoms with Gasteiger partial charge >= 0.3 is 0 Å². The van der Waals surface area contributed by atoms with Crippen LogP contribution in [-0.4, -0.2) is 13.1 Å². The second-order valence-corrected chi connectivity index (χ2v) is 3.41. The van der Waals surface area contributed by atoms with Gasteiger partial charge in [-0.25, -0.2) is 0 Å². The highest BCUT2D eigenvalue weighted by molar-refractivity contribution is 5.24. The summed E-state index contributed by atoms with van der Waals surface area (Å²) in [5.74, 6) is 0.522. The summed E-state index contributed by atoms with van der Waals surface area (Å²) in [5.41, 5.74) is 1.28. The summed E-state index contributed by atoms with van der Waals surface area (Å²) < 4.78 is 0. The van der Waals surface area contributed by atoms with Crippen LogP contribution < -0.4 is 5.32 Å². The van der Waals surface area contributed by atoms with Gasteiger partial charge in [-0.2, -0.15) is 5.26 Å². The minimum absolute atomic E-state index is 0.141. The monoisotopic (exact) mass is 172 g/mol. The van der Waals surface area contributed by atoms with Gasteiger partial charge in [0.2, 0.25) is 0 Å². The summed E-state index contributed by atoms with van der Waals surface area (Å²) >= 11 is 0. The zero-order chi connectivity index (χ0) is 9.10. The van der Waals surface area contributed by atoms with Crippen molar-refractivity contribution in [3.63, 3.8) is 0 Å². The van der Waals surface area contributed by atoms with Crippen LogP contribution in [0.3, 0.4) is 0 Å². The Bertz CT molecular complexity index is 313. The molecule has 13 heavy (non-hydrogen) atoms. The lowest BCUT2D eigenvalue weighted by Crippen LogP contribution is -2.07. The maximum absolute atomic E-state index is 8.91. The molecule has 0 radical (unpaired) electrons. The van der Waals surface area contributed by atoms with Crippen molar-refractivity contribution in [1.82, 2.24) is 5.32 Å². The van der Waals surface area contributed by atoms with Crippen molar-refractivity contribution in [2.24, 2.45) is 5.92 Å². The fourth-order valence-electron chi connectivity index (χ4n) is 1.86. The second-order valence-electron chi connectivity index (χ2n) is 3.41. The molecule has 1 aromatic carbocycles. The van der Waals surface area contributed by atoms with Crippen LogP contribution in [0.5, 0.6) is 0 Å². The molecule has 1 aliphatic heterocycles. The van der Waals surface area contributed by atoms with Gasteiger partial charge in [-0.1, -0.05) is 30.3 Å². The Balaban J connectivity index is 2.22. The van der Waals surface area contributed by atoms with E-state index in [1.165, 1.54) is 5.56 Å². The fraction of sp³-hybridized carbons (Fsp3) is 0.364. The molecule has 0 amide bonds. The molecule has 0 unspecified atom stereocenters. The number of rotatable bonds is 1. The van der Waals surface area contributed by atoms with Crippen LogP contribution in [0.15, 0.2) is 30.3 Å². The normalized spacial score (nSPS) is 27.0. The van der Waals surface area contributed by atoms with E-state index in [4.69, 9.17) is 5.26 Å². The minimum atomic E-state index is 0.141. The zero-order valence-corrected chi connectivity index (χ0v) is 7.40. The standard InChI is InChI=1S/C11H12N2/c12-6-10-7-13-8-11(10)9-4-2-1-3-5-9/h1-5,10-11,13H,7-8H2/t10-,11-/m1/s1. The maximum atomic E-state index is 8.91. The van der Waals surface area contributed by atoms with E-state index in [2.05, 4.69) is 23.5 Å². The first-order chi connectivity index (χ1) is 6.42. The van der Waals surface area contributed by atoms with Gasteiger partial charge in [0.05, 0.1) is 12.0 Å². The highest BCUT2D eigenvalue weighted by Crippen LogP contribution is 2.26. The molecule has 1 aliphatic rings. The number of nitrogens with zero attached hydrogens (tertiary/aromatic N) is 1. The van der Waals surface area contributed by atoms with Crippen molar-refractivity contribution in [1.29, 1.82) is 5.26 Å². The average Bonchev–Trinajstić information content (AvgIpc) is 2.67. The molecule has 0 aliphatic carbocycles. The van der Waals surface area contributed by atoms with Crippen LogP contribution in [0.4, 0.5) is 0 Å².